The van der Waals surface area contributed by atoms with E-state index in [0.29, 0.717) is 27.4 Å². The number of carbonyl (C=O) groups excluding carboxylic acids is 1. The molecule has 0 aliphatic carbocycles. The molecule has 0 saturated carbocycles. The van der Waals surface area contributed by atoms with E-state index in [2.05, 4.69) is 20.6 Å². The third kappa shape index (κ3) is 4.28. The largest absolute Gasteiger partial charge is 0.494 e. The first kappa shape index (κ1) is 20.9. The minimum atomic E-state index is -0.432. The molecule has 3 heterocycles. The van der Waals surface area contributed by atoms with E-state index in [1.54, 1.807) is 4.57 Å². The zero-order valence-corrected chi connectivity index (χ0v) is 18.5. The normalized spacial score (nSPS) is 11.0. The Morgan fingerprint density at radius 3 is 2.77 bits per heavy atom. The van der Waals surface area contributed by atoms with Crippen LogP contribution in [0.5, 0.6) is 5.75 Å². The summed E-state index contributed by atoms with van der Waals surface area (Å²) in [6.45, 7) is 4.38. The molecule has 0 saturated heterocycles. The summed E-state index contributed by atoms with van der Waals surface area (Å²) in [6.07, 6.45) is 2.14. The van der Waals surface area contributed by atoms with Crippen molar-refractivity contribution in [1.82, 2.24) is 24.4 Å². The molecule has 160 valence electrons. The maximum Gasteiger partial charge on any atom is 0.280 e. The van der Waals surface area contributed by atoms with Crippen LogP contribution < -0.4 is 15.7 Å². The van der Waals surface area contributed by atoms with Crippen molar-refractivity contribution in [2.24, 2.45) is 0 Å². The fourth-order valence-electron chi connectivity index (χ4n) is 3.09. The lowest BCUT2D eigenvalue weighted by Crippen LogP contribution is -2.35. The number of hydrogen-bond donors (Lipinski definition) is 2. The number of aryl methyl sites for hydroxylation is 1. The average molecular weight is 457 g/mol. The zero-order valence-electron chi connectivity index (χ0n) is 16.9. The lowest BCUT2D eigenvalue weighted by molar-refractivity contribution is -0.117. The highest BCUT2D eigenvalue weighted by Gasteiger charge is 2.15. The molecule has 0 radical (unpaired) electrons. The van der Waals surface area contributed by atoms with Crippen LogP contribution >= 0.6 is 23.6 Å². The minimum Gasteiger partial charge on any atom is -0.494 e. The molecular formula is C20H20N6O3S2. The highest BCUT2D eigenvalue weighted by Crippen LogP contribution is 2.22. The van der Waals surface area contributed by atoms with Gasteiger partial charge in [-0.25, -0.2) is 9.66 Å². The van der Waals surface area contributed by atoms with Gasteiger partial charge in [-0.15, -0.1) is 11.3 Å². The van der Waals surface area contributed by atoms with Gasteiger partial charge in [0, 0.05) is 10.4 Å². The molecule has 0 aliphatic rings. The second-order valence-electron chi connectivity index (χ2n) is 6.64. The van der Waals surface area contributed by atoms with Gasteiger partial charge in [0.2, 0.25) is 0 Å². The van der Waals surface area contributed by atoms with Crippen LogP contribution in [0.3, 0.4) is 0 Å². The minimum absolute atomic E-state index is 0.119. The fraction of sp³-hybridized carbons (Fsp3) is 0.250. The fourth-order valence-corrected chi connectivity index (χ4v) is 4.21. The summed E-state index contributed by atoms with van der Waals surface area (Å²) >= 11 is 6.76. The van der Waals surface area contributed by atoms with E-state index in [-0.39, 0.29) is 12.1 Å². The molecule has 0 unspecified atom stereocenters. The second kappa shape index (κ2) is 8.82. The highest BCUT2D eigenvalue weighted by atomic mass is 32.1. The molecule has 31 heavy (non-hydrogen) atoms. The summed E-state index contributed by atoms with van der Waals surface area (Å²) in [5.74, 6) is 0.819. The average Bonchev–Trinajstić information content (AvgIpc) is 3.35. The van der Waals surface area contributed by atoms with Gasteiger partial charge in [-0.1, -0.05) is 6.92 Å². The van der Waals surface area contributed by atoms with Crippen LogP contribution in [0.25, 0.3) is 21.6 Å². The maximum absolute atomic E-state index is 12.7. The molecule has 0 fully saturated rings. The molecule has 1 aromatic carbocycles. The van der Waals surface area contributed by atoms with Crippen molar-refractivity contribution in [2.45, 2.75) is 26.8 Å². The Morgan fingerprint density at radius 1 is 1.29 bits per heavy atom. The molecule has 1 amide bonds. The van der Waals surface area contributed by atoms with Gasteiger partial charge in [0.25, 0.3) is 11.5 Å². The number of aromatic amines is 1. The van der Waals surface area contributed by atoms with Crippen LogP contribution in [0.2, 0.25) is 0 Å². The standard InChI is InChI=1S/C20H20N6O3S2/c1-3-14-9-15-18(31-14)21-11-26(19(15)28)24-16(27)10-25-17(22-23-20(25)30)12-5-7-13(8-6-12)29-4-2/h5-9,11H,3-4,10H2,1-2H3,(H,23,30)(H,24,27). The Kier molecular flexibility index (Phi) is 5.96. The summed E-state index contributed by atoms with van der Waals surface area (Å²) < 4.78 is 8.41. The van der Waals surface area contributed by atoms with Gasteiger partial charge in [-0.3, -0.25) is 24.7 Å². The number of amides is 1. The number of H-pyrrole nitrogens is 1. The van der Waals surface area contributed by atoms with Crippen molar-refractivity contribution < 1.29 is 9.53 Å². The van der Waals surface area contributed by atoms with Crippen LogP contribution in [0.15, 0.2) is 41.5 Å². The van der Waals surface area contributed by atoms with E-state index in [1.807, 2.05) is 44.2 Å². The maximum atomic E-state index is 12.7. The van der Waals surface area contributed by atoms with Crippen molar-refractivity contribution in [2.75, 3.05) is 12.0 Å². The SMILES string of the molecule is CCOc1ccc(-c2n[nH]c(=S)n2CC(=O)Nn2cnc3sc(CC)cc3c2=O)cc1. The predicted molar refractivity (Wildman–Crippen MR) is 122 cm³/mol. The number of ether oxygens (including phenoxy) is 1. The van der Waals surface area contributed by atoms with Crippen molar-refractivity contribution in [3.05, 3.63) is 56.7 Å². The number of benzene rings is 1. The summed E-state index contributed by atoms with van der Waals surface area (Å²) in [7, 11) is 0. The van der Waals surface area contributed by atoms with Crippen molar-refractivity contribution >= 4 is 39.7 Å². The van der Waals surface area contributed by atoms with Gasteiger partial charge in [-0.2, -0.15) is 5.10 Å². The first-order chi connectivity index (χ1) is 15.0. The van der Waals surface area contributed by atoms with Crippen molar-refractivity contribution in [3.8, 4) is 17.1 Å². The third-order valence-electron chi connectivity index (χ3n) is 4.58. The lowest BCUT2D eigenvalue weighted by Gasteiger charge is -2.10. The van der Waals surface area contributed by atoms with Crippen LogP contribution in [-0.2, 0) is 17.8 Å². The number of nitrogens with one attached hydrogen (secondary N) is 2. The molecule has 11 heteroatoms. The third-order valence-corrected chi connectivity index (χ3v) is 6.08. The Bertz CT molecular complexity index is 1350. The van der Waals surface area contributed by atoms with Crippen LogP contribution in [0.1, 0.15) is 18.7 Å². The van der Waals surface area contributed by atoms with Crippen LogP contribution in [0, 0.1) is 4.77 Å². The Labute approximate surface area is 186 Å². The van der Waals surface area contributed by atoms with Gasteiger partial charge >= 0.3 is 0 Å². The number of thiophene rings is 1. The summed E-state index contributed by atoms with van der Waals surface area (Å²) in [5, 5.41) is 7.44. The van der Waals surface area contributed by atoms with Gasteiger partial charge in [0.05, 0.1) is 12.0 Å². The molecule has 0 bridgehead atoms. The Balaban J connectivity index is 1.56. The Morgan fingerprint density at radius 2 is 2.06 bits per heavy atom. The predicted octanol–water partition coefficient (Wildman–Crippen LogP) is 3.11. The van der Waals surface area contributed by atoms with E-state index < -0.39 is 5.91 Å². The molecule has 0 atom stereocenters. The lowest BCUT2D eigenvalue weighted by atomic mass is 10.2. The van der Waals surface area contributed by atoms with E-state index in [1.165, 1.54) is 17.7 Å². The number of aromatic nitrogens is 5. The van der Waals surface area contributed by atoms with Crippen LogP contribution in [-0.4, -0.2) is 36.9 Å². The van der Waals surface area contributed by atoms with E-state index in [4.69, 9.17) is 17.0 Å². The van der Waals surface area contributed by atoms with Gasteiger partial charge in [0.1, 0.15) is 23.5 Å². The molecule has 2 N–H and O–H groups in total. The molecule has 3 aromatic heterocycles. The molecule has 4 rings (SSSR count). The molecular weight excluding hydrogens is 436 g/mol. The van der Waals surface area contributed by atoms with E-state index in [0.717, 1.165) is 27.3 Å². The number of carbonyl (C=O) groups is 1. The van der Waals surface area contributed by atoms with Crippen LogP contribution in [0.4, 0.5) is 0 Å². The summed E-state index contributed by atoms with van der Waals surface area (Å²) in [4.78, 5) is 31.4. The number of nitrogens with zero attached hydrogens (tertiary/aromatic N) is 4. The molecule has 0 spiro atoms. The topological polar surface area (TPSA) is 107 Å². The number of fused-ring (bicyclic) bond motifs is 1. The number of hydrogen-bond acceptors (Lipinski definition) is 7. The first-order valence-corrected chi connectivity index (χ1v) is 10.9. The number of rotatable bonds is 7. The highest BCUT2D eigenvalue weighted by molar-refractivity contribution is 7.71. The molecule has 4 aromatic rings. The quantitative estimate of drug-likeness (QED) is 0.414. The van der Waals surface area contributed by atoms with Gasteiger partial charge < -0.3 is 4.74 Å². The monoisotopic (exact) mass is 456 g/mol. The smallest absolute Gasteiger partial charge is 0.280 e. The van der Waals surface area contributed by atoms with Crippen molar-refractivity contribution in [1.29, 1.82) is 0 Å². The van der Waals surface area contributed by atoms with Gasteiger partial charge in [-0.05, 0) is 55.9 Å². The summed E-state index contributed by atoms with van der Waals surface area (Å²) in [6, 6.07) is 9.15. The molecule has 0 aliphatic heterocycles. The second-order valence-corrected chi connectivity index (χ2v) is 8.14. The summed E-state index contributed by atoms with van der Waals surface area (Å²) in [5.41, 5.74) is 3.03. The van der Waals surface area contributed by atoms with Crippen molar-refractivity contribution in [3.63, 3.8) is 0 Å². The van der Waals surface area contributed by atoms with E-state index in [9.17, 15) is 9.59 Å². The van der Waals surface area contributed by atoms with E-state index >= 15 is 0 Å². The molecule has 9 nitrogen and oxygen atoms in total. The zero-order chi connectivity index (χ0) is 22.0. The van der Waals surface area contributed by atoms with Gasteiger partial charge in [0.15, 0.2) is 10.6 Å². The Hall–Kier alpha value is -3.31. The first-order valence-electron chi connectivity index (χ1n) is 9.68.